The van der Waals surface area contributed by atoms with Gasteiger partial charge in [0.25, 0.3) is 5.91 Å². The fraction of sp³-hybridized carbons (Fsp3) is 0.364. The van der Waals surface area contributed by atoms with Gasteiger partial charge in [0.05, 0.1) is 18.7 Å². The quantitative estimate of drug-likeness (QED) is 0.646. The highest BCUT2D eigenvalue weighted by atomic mass is 35.5. The fourth-order valence-electron chi connectivity index (χ4n) is 4.66. The molecule has 2 aromatic heterocycles. The Hall–Kier alpha value is -3.33. The summed E-state index contributed by atoms with van der Waals surface area (Å²) in [5, 5.41) is 10.5. The molecule has 2 fully saturated rings. The van der Waals surface area contributed by atoms with Gasteiger partial charge in [-0.3, -0.25) is 14.7 Å². The number of hydrogen-bond donors (Lipinski definition) is 1. The number of amides is 2. The lowest BCUT2D eigenvalue weighted by atomic mass is 9.77. The Balaban J connectivity index is 1.31. The van der Waals surface area contributed by atoms with E-state index >= 15 is 0 Å². The van der Waals surface area contributed by atoms with Crippen LogP contribution in [0.3, 0.4) is 0 Å². The normalized spacial score (nSPS) is 17.9. The van der Waals surface area contributed by atoms with Gasteiger partial charge in [0, 0.05) is 54.8 Å². The third-order valence-electron chi connectivity index (χ3n) is 6.52. The minimum absolute atomic E-state index is 0.102. The minimum atomic E-state index is -0.452. The maximum absolute atomic E-state index is 13.5. The van der Waals surface area contributed by atoms with Crippen LogP contribution in [0.15, 0.2) is 41.2 Å². The van der Waals surface area contributed by atoms with Gasteiger partial charge in [-0.2, -0.15) is 5.10 Å². The van der Waals surface area contributed by atoms with Gasteiger partial charge in [-0.05, 0) is 31.4 Å². The Morgan fingerprint density at radius 1 is 1.22 bits per heavy atom. The highest BCUT2D eigenvalue weighted by molar-refractivity contribution is 6.29. The molecule has 5 rings (SSSR count). The molecule has 1 spiro atoms. The molecule has 0 aliphatic carbocycles. The molecule has 0 bridgehead atoms. The molecule has 0 radical (unpaired) electrons. The van der Waals surface area contributed by atoms with E-state index in [0.717, 1.165) is 23.2 Å². The second kappa shape index (κ2) is 7.98. The van der Waals surface area contributed by atoms with Gasteiger partial charge in [-0.15, -0.1) is 0 Å². The van der Waals surface area contributed by atoms with Crippen LogP contribution >= 0.6 is 11.6 Å². The van der Waals surface area contributed by atoms with E-state index in [9.17, 15) is 9.59 Å². The van der Waals surface area contributed by atoms with Crippen molar-refractivity contribution in [3.05, 3.63) is 47.6 Å². The second-order valence-corrected chi connectivity index (χ2v) is 8.55. The first-order chi connectivity index (χ1) is 15.5. The summed E-state index contributed by atoms with van der Waals surface area (Å²) < 4.78 is 10.6. The van der Waals surface area contributed by atoms with E-state index in [1.165, 1.54) is 6.07 Å². The predicted octanol–water partition coefficient (Wildman–Crippen LogP) is 3.39. The van der Waals surface area contributed by atoms with Crippen LogP contribution in [0.1, 0.15) is 29.8 Å². The Kier molecular flexibility index (Phi) is 5.13. The molecule has 2 saturated heterocycles. The Bertz CT molecular complexity index is 1150. The van der Waals surface area contributed by atoms with Crippen LogP contribution in [-0.4, -0.2) is 58.8 Å². The smallest absolute Gasteiger partial charge is 0.292 e. The summed E-state index contributed by atoms with van der Waals surface area (Å²) in [6, 6.07) is 7.19. The second-order valence-electron chi connectivity index (χ2n) is 8.16. The van der Waals surface area contributed by atoms with Crippen molar-refractivity contribution in [3.63, 3.8) is 0 Å². The molecule has 0 saturated carbocycles. The van der Waals surface area contributed by atoms with Crippen LogP contribution in [0.4, 0.5) is 5.69 Å². The number of anilines is 1. The molecule has 166 valence electrons. The van der Waals surface area contributed by atoms with E-state index in [4.69, 9.17) is 20.9 Å². The topological polar surface area (TPSA) is 105 Å². The summed E-state index contributed by atoms with van der Waals surface area (Å²) in [6.07, 6.45) is 5.51. The number of nitrogens with zero attached hydrogens (tertiary/aromatic N) is 4. The number of halogens is 1. The van der Waals surface area contributed by atoms with Crippen LogP contribution in [0, 0.1) is 5.41 Å². The lowest BCUT2D eigenvalue weighted by Crippen LogP contribution is -2.46. The van der Waals surface area contributed by atoms with Gasteiger partial charge in [-0.1, -0.05) is 16.8 Å². The lowest BCUT2D eigenvalue weighted by Gasteiger charge is -2.37. The van der Waals surface area contributed by atoms with Crippen molar-refractivity contribution >= 4 is 29.1 Å². The van der Waals surface area contributed by atoms with Crippen molar-refractivity contribution in [1.29, 1.82) is 0 Å². The number of nitrogens with one attached hydrogen (secondary N) is 1. The Labute approximate surface area is 189 Å². The van der Waals surface area contributed by atoms with E-state index in [2.05, 4.69) is 15.4 Å². The molecule has 2 aliphatic heterocycles. The van der Waals surface area contributed by atoms with Crippen molar-refractivity contribution in [2.24, 2.45) is 5.41 Å². The van der Waals surface area contributed by atoms with Crippen molar-refractivity contribution in [2.45, 2.75) is 19.3 Å². The number of benzene rings is 1. The van der Waals surface area contributed by atoms with Gasteiger partial charge in [-0.25, -0.2) is 0 Å². The summed E-state index contributed by atoms with van der Waals surface area (Å²) in [6.45, 7) is 1.61. The summed E-state index contributed by atoms with van der Waals surface area (Å²) in [4.78, 5) is 29.6. The third-order valence-corrected chi connectivity index (χ3v) is 6.70. The summed E-state index contributed by atoms with van der Waals surface area (Å²) >= 11 is 5.76. The van der Waals surface area contributed by atoms with E-state index in [-0.39, 0.29) is 22.7 Å². The van der Waals surface area contributed by atoms with Crippen LogP contribution < -0.4 is 9.64 Å². The first-order valence-corrected chi connectivity index (χ1v) is 10.8. The van der Waals surface area contributed by atoms with Crippen LogP contribution in [0.25, 0.3) is 11.1 Å². The van der Waals surface area contributed by atoms with Crippen LogP contribution in [0.5, 0.6) is 5.75 Å². The van der Waals surface area contributed by atoms with Gasteiger partial charge in [0.1, 0.15) is 5.75 Å². The largest absolute Gasteiger partial charge is 0.496 e. The van der Waals surface area contributed by atoms with Crippen molar-refractivity contribution < 1.29 is 18.8 Å². The molecule has 4 heterocycles. The van der Waals surface area contributed by atoms with E-state index < -0.39 is 5.41 Å². The minimum Gasteiger partial charge on any atom is -0.496 e. The monoisotopic (exact) mass is 455 g/mol. The number of rotatable bonds is 4. The van der Waals surface area contributed by atoms with Gasteiger partial charge >= 0.3 is 0 Å². The number of hydrogen-bond acceptors (Lipinski definition) is 6. The standard InChI is InChI=1S/C22H22ClN5O4/c1-31-17-10-15(2-3-16(17)14-12-24-25-13-14)28-9-6-22(21(28)30)4-7-27(8-5-22)20(29)18-11-19(23)26-32-18/h2-3,10-13H,4-9H2,1H3,(H,24,25). The molecule has 0 unspecified atom stereocenters. The zero-order chi connectivity index (χ0) is 22.3. The molecule has 1 N–H and O–H groups in total. The number of carbonyl (C=O) groups is 2. The van der Waals surface area contributed by atoms with Crippen LogP contribution in [-0.2, 0) is 4.79 Å². The molecule has 3 aromatic rings. The molecule has 1 aromatic carbocycles. The highest BCUT2D eigenvalue weighted by Crippen LogP contribution is 2.44. The number of H-pyrrole nitrogens is 1. The summed E-state index contributed by atoms with van der Waals surface area (Å²) in [5.41, 5.74) is 2.19. The summed E-state index contributed by atoms with van der Waals surface area (Å²) in [7, 11) is 1.62. The highest BCUT2D eigenvalue weighted by Gasteiger charge is 2.49. The number of methoxy groups -OCH3 is 1. The molecule has 9 nitrogen and oxygen atoms in total. The van der Waals surface area contributed by atoms with E-state index in [0.29, 0.717) is 38.2 Å². The number of likely N-dealkylation sites (tertiary alicyclic amines) is 1. The number of aromatic amines is 1. The van der Waals surface area contributed by atoms with Gasteiger partial charge in [0.15, 0.2) is 5.15 Å². The first-order valence-electron chi connectivity index (χ1n) is 10.4. The zero-order valence-electron chi connectivity index (χ0n) is 17.5. The lowest BCUT2D eigenvalue weighted by molar-refractivity contribution is -0.127. The van der Waals surface area contributed by atoms with Gasteiger partial charge in [0.2, 0.25) is 11.7 Å². The molecule has 32 heavy (non-hydrogen) atoms. The van der Waals surface area contributed by atoms with E-state index in [1.54, 1.807) is 24.4 Å². The predicted molar refractivity (Wildman–Crippen MR) is 117 cm³/mol. The fourth-order valence-corrected chi connectivity index (χ4v) is 4.80. The maximum Gasteiger partial charge on any atom is 0.292 e. The van der Waals surface area contributed by atoms with Crippen LogP contribution in [0.2, 0.25) is 5.15 Å². The Morgan fingerprint density at radius 2 is 2.00 bits per heavy atom. The molecular formula is C22H22ClN5O4. The third kappa shape index (κ3) is 3.42. The maximum atomic E-state index is 13.5. The Morgan fingerprint density at radius 3 is 2.66 bits per heavy atom. The molecule has 10 heteroatoms. The van der Waals surface area contributed by atoms with E-state index in [1.807, 2.05) is 23.1 Å². The van der Waals surface area contributed by atoms with Crippen molar-refractivity contribution in [2.75, 3.05) is 31.6 Å². The molecule has 2 amide bonds. The average molecular weight is 456 g/mol. The number of carbonyl (C=O) groups excluding carboxylic acids is 2. The van der Waals surface area contributed by atoms with Gasteiger partial charge < -0.3 is 19.1 Å². The summed E-state index contributed by atoms with van der Waals surface area (Å²) in [5.74, 6) is 0.658. The number of aromatic nitrogens is 3. The van der Waals surface area contributed by atoms with Crippen molar-refractivity contribution in [1.82, 2.24) is 20.3 Å². The molecular weight excluding hydrogens is 434 g/mol. The molecule has 2 aliphatic rings. The number of ether oxygens (including phenoxy) is 1. The average Bonchev–Trinajstić information content (AvgIpc) is 3.56. The zero-order valence-corrected chi connectivity index (χ0v) is 18.3. The first kappa shape index (κ1) is 20.6. The molecule has 0 atom stereocenters. The van der Waals surface area contributed by atoms with Crippen molar-refractivity contribution in [3.8, 4) is 16.9 Å². The number of piperidine rings is 1. The SMILES string of the molecule is COc1cc(N2CCC3(CCN(C(=O)c4cc(Cl)no4)CC3)C2=O)ccc1-c1cn[nH]c1.